The first-order valence-corrected chi connectivity index (χ1v) is 9.20. The number of thiazole rings is 1. The van der Waals surface area contributed by atoms with Crippen LogP contribution in [0.15, 0.2) is 16.4 Å². The van der Waals surface area contributed by atoms with E-state index in [2.05, 4.69) is 4.98 Å². The van der Waals surface area contributed by atoms with Crippen LogP contribution in [0.5, 0.6) is 0 Å². The van der Waals surface area contributed by atoms with Crippen molar-refractivity contribution in [3.8, 4) is 0 Å². The van der Waals surface area contributed by atoms with E-state index >= 15 is 0 Å². The van der Waals surface area contributed by atoms with Gasteiger partial charge >= 0.3 is 16.9 Å². The Morgan fingerprint density at radius 2 is 1.96 bits per heavy atom. The first-order valence-electron chi connectivity index (χ1n) is 8.32. The fraction of sp³-hybridized carbons (Fsp3) is 0.438. The quantitative estimate of drug-likeness (QED) is 0.751. The van der Waals surface area contributed by atoms with E-state index < -0.39 is 34.6 Å². The van der Waals surface area contributed by atoms with Crippen LogP contribution >= 0.6 is 11.3 Å². The van der Waals surface area contributed by atoms with E-state index in [1.165, 1.54) is 23.0 Å². The van der Waals surface area contributed by atoms with Gasteiger partial charge in [-0.05, 0) is 5.92 Å². The van der Waals surface area contributed by atoms with E-state index in [1.807, 2.05) is 13.8 Å². The summed E-state index contributed by atoms with van der Waals surface area (Å²) in [5.74, 6) is -1.13. The molecule has 144 valence electrons. The van der Waals surface area contributed by atoms with Crippen molar-refractivity contribution < 1.29 is 14.4 Å². The van der Waals surface area contributed by atoms with E-state index in [-0.39, 0.29) is 24.0 Å². The van der Waals surface area contributed by atoms with E-state index in [9.17, 15) is 19.2 Å². The van der Waals surface area contributed by atoms with Gasteiger partial charge in [0.05, 0.1) is 7.05 Å². The van der Waals surface area contributed by atoms with Gasteiger partial charge in [0.2, 0.25) is 5.91 Å². The zero-order chi connectivity index (χ0) is 20.1. The Bertz CT molecular complexity index is 989. The Kier molecular flexibility index (Phi) is 4.52. The summed E-state index contributed by atoms with van der Waals surface area (Å²) in [7, 11) is 2.93. The maximum absolute atomic E-state index is 13.1. The summed E-state index contributed by atoms with van der Waals surface area (Å²) < 4.78 is 1.96. The SMILES string of the molecule is CC(C)Cn1c2c(n(CC(N)=O)c1=O)C(=O)N(C)C(=O)[N+]2(C)c1nccs1. The second-order valence-electron chi connectivity index (χ2n) is 6.98. The van der Waals surface area contributed by atoms with Gasteiger partial charge in [-0.1, -0.05) is 25.2 Å². The molecule has 0 fully saturated rings. The lowest BCUT2D eigenvalue weighted by atomic mass is 10.2. The van der Waals surface area contributed by atoms with Crippen LogP contribution in [0.4, 0.5) is 15.7 Å². The second kappa shape index (κ2) is 6.43. The summed E-state index contributed by atoms with van der Waals surface area (Å²) in [4.78, 5) is 55.8. The number of hydrogen-bond donors (Lipinski definition) is 1. The Hall–Kier alpha value is -2.79. The van der Waals surface area contributed by atoms with Crippen molar-refractivity contribution in [1.29, 1.82) is 0 Å². The average molecular weight is 393 g/mol. The van der Waals surface area contributed by atoms with Gasteiger partial charge in [-0.15, -0.1) is 4.48 Å². The van der Waals surface area contributed by atoms with Crippen molar-refractivity contribution in [2.75, 3.05) is 14.1 Å². The number of carbonyl (C=O) groups excluding carboxylic acids is 3. The summed E-state index contributed by atoms with van der Waals surface area (Å²) in [5, 5.41) is 2.13. The smallest absolute Gasteiger partial charge is 0.368 e. The number of nitrogens with two attached hydrogens (primary N) is 1. The highest BCUT2D eigenvalue weighted by Crippen LogP contribution is 2.41. The molecule has 11 heteroatoms. The molecule has 1 aliphatic rings. The van der Waals surface area contributed by atoms with Crippen molar-refractivity contribution in [2.45, 2.75) is 26.9 Å². The highest BCUT2D eigenvalue weighted by molar-refractivity contribution is 7.13. The third kappa shape index (κ3) is 2.70. The minimum atomic E-state index is -0.752. The Balaban J connectivity index is 2.44. The van der Waals surface area contributed by atoms with Crippen molar-refractivity contribution >= 4 is 40.1 Å². The standard InChI is InChI=1S/C16H20N6O4S/c1-9(2)7-21-12-11(20(15(21)25)8-10(17)23)13(24)19(3)16(26)22(12,4)14-18-5-6-27-14/h5-6,9H,7-8H2,1-4H3,(H-,17,23)/p+1. The molecule has 2 aromatic heterocycles. The molecule has 0 saturated carbocycles. The highest BCUT2D eigenvalue weighted by Gasteiger charge is 2.55. The minimum absolute atomic E-state index is 0.0146. The molecule has 0 aliphatic carbocycles. The summed E-state index contributed by atoms with van der Waals surface area (Å²) in [6.07, 6.45) is 1.55. The lowest BCUT2D eigenvalue weighted by Crippen LogP contribution is -2.59. The maximum Gasteiger partial charge on any atom is 0.439 e. The Labute approximate surface area is 159 Å². The van der Waals surface area contributed by atoms with Crippen LogP contribution in [0.3, 0.4) is 0 Å². The average Bonchev–Trinajstić information content (AvgIpc) is 3.21. The fourth-order valence-corrected chi connectivity index (χ4v) is 4.06. The number of rotatable bonds is 5. The van der Waals surface area contributed by atoms with E-state index in [4.69, 9.17) is 5.73 Å². The number of aromatic nitrogens is 3. The van der Waals surface area contributed by atoms with Crippen LogP contribution in [0, 0.1) is 5.92 Å². The molecule has 27 heavy (non-hydrogen) atoms. The lowest BCUT2D eigenvalue weighted by molar-refractivity contribution is -0.118. The molecule has 10 nitrogen and oxygen atoms in total. The number of fused-ring (bicyclic) bond motifs is 1. The molecular weight excluding hydrogens is 372 g/mol. The van der Waals surface area contributed by atoms with Crippen molar-refractivity contribution in [3.05, 3.63) is 27.8 Å². The van der Waals surface area contributed by atoms with Gasteiger partial charge in [0.25, 0.3) is 11.7 Å². The Morgan fingerprint density at radius 3 is 2.48 bits per heavy atom. The van der Waals surface area contributed by atoms with Gasteiger partial charge in [-0.2, -0.15) is 4.98 Å². The van der Waals surface area contributed by atoms with Gasteiger partial charge < -0.3 is 5.73 Å². The van der Waals surface area contributed by atoms with Gasteiger partial charge in [0, 0.05) is 25.2 Å². The molecular formula is C16H21N6O4S+. The van der Waals surface area contributed by atoms with E-state index in [1.54, 1.807) is 18.6 Å². The molecule has 0 saturated heterocycles. The monoisotopic (exact) mass is 393 g/mol. The maximum atomic E-state index is 13.1. The topological polar surface area (TPSA) is 120 Å². The van der Waals surface area contributed by atoms with Crippen LogP contribution in [-0.4, -0.2) is 51.0 Å². The van der Waals surface area contributed by atoms with Crippen LogP contribution in [-0.2, 0) is 17.9 Å². The molecule has 1 atom stereocenters. The van der Waals surface area contributed by atoms with Crippen LogP contribution in [0.2, 0.25) is 0 Å². The first kappa shape index (κ1) is 19.0. The molecule has 1 aliphatic heterocycles. The summed E-state index contributed by atoms with van der Waals surface area (Å²) >= 11 is 1.24. The third-order valence-electron chi connectivity index (χ3n) is 4.46. The largest absolute Gasteiger partial charge is 0.439 e. The van der Waals surface area contributed by atoms with Crippen molar-refractivity contribution in [3.63, 3.8) is 0 Å². The number of amides is 4. The van der Waals surface area contributed by atoms with Crippen LogP contribution in [0.1, 0.15) is 24.3 Å². The predicted octanol–water partition coefficient (Wildman–Crippen LogP) is 0.722. The third-order valence-corrected chi connectivity index (χ3v) is 5.40. The van der Waals surface area contributed by atoms with Gasteiger partial charge in [-0.25, -0.2) is 19.1 Å². The number of carbonyl (C=O) groups is 3. The van der Waals surface area contributed by atoms with Crippen LogP contribution in [0.25, 0.3) is 0 Å². The number of imidazole rings is 1. The summed E-state index contributed by atoms with van der Waals surface area (Å²) in [5.41, 5.74) is 4.73. The molecule has 3 heterocycles. The van der Waals surface area contributed by atoms with Gasteiger partial charge in [0.1, 0.15) is 6.54 Å². The van der Waals surface area contributed by atoms with Crippen molar-refractivity contribution in [1.82, 2.24) is 23.5 Å². The summed E-state index contributed by atoms with van der Waals surface area (Å²) in [6, 6.07) is -0.531. The molecule has 3 rings (SSSR count). The van der Waals surface area contributed by atoms with E-state index in [0.29, 0.717) is 5.13 Å². The predicted molar refractivity (Wildman–Crippen MR) is 99.7 cm³/mol. The normalized spacial score (nSPS) is 19.7. The molecule has 0 aromatic carbocycles. The Morgan fingerprint density at radius 1 is 1.30 bits per heavy atom. The van der Waals surface area contributed by atoms with Gasteiger partial charge in [-0.3, -0.25) is 14.2 Å². The number of hydrogen-bond acceptors (Lipinski definition) is 6. The fourth-order valence-electron chi connectivity index (χ4n) is 3.32. The molecule has 2 N–H and O–H groups in total. The number of imide groups is 1. The number of urea groups is 1. The second-order valence-corrected chi connectivity index (χ2v) is 7.85. The number of quaternary nitrogens is 1. The zero-order valence-electron chi connectivity index (χ0n) is 15.5. The highest BCUT2D eigenvalue weighted by atomic mass is 32.1. The summed E-state index contributed by atoms with van der Waals surface area (Å²) in [6.45, 7) is 3.65. The van der Waals surface area contributed by atoms with Crippen molar-refractivity contribution in [2.24, 2.45) is 11.7 Å². The lowest BCUT2D eigenvalue weighted by Gasteiger charge is -2.35. The molecule has 0 spiro atoms. The minimum Gasteiger partial charge on any atom is -0.368 e. The van der Waals surface area contributed by atoms with Gasteiger partial charge in [0.15, 0.2) is 5.69 Å². The van der Waals surface area contributed by atoms with E-state index in [0.717, 1.165) is 9.47 Å². The van der Waals surface area contributed by atoms with Crippen LogP contribution < -0.4 is 15.9 Å². The number of nitrogens with zero attached hydrogens (tertiary/aromatic N) is 5. The molecule has 4 amide bonds. The number of primary amides is 1. The molecule has 0 bridgehead atoms. The zero-order valence-corrected chi connectivity index (χ0v) is 16.3. The first-order chi connectivity index (χ1) is 12.6. The molecule has 2 aromatic rings. The molecule has 0 radical (unpaired) electrons. The molecule has 1 unspecified atom stereocenters.